The Morgan fingerprint density at radius 1 is 1.31 bits per heavy atom. The first kappa shape index (κ1) is 9.35. The van der Waals surface area contributed by atoms with Crippen molar-refractivity contribution in [3.63, 3.8) is 0 Å². The summed E-state index contributed by atoms with van der Waals surface area (Å²) < 4.78 is 2.87. The number of hydrogen-bond donors (Lipinski definition) is 1. The molecule has 4 nitrogen and oxygen atoms in total. The van der Waals surface area contributed by atoms with Crippen LogP contribution in [0.15, 0.2) is 30.5 Å². The number of hydrogen-bond acceptors (Lipinski definition) is 4. The van der Waals surface area contributed by atoms with Gasteiger partial charge in [-0.3, -0.25) is 0 Å². The predicted molar refractivity (Wildman–Crippen MR) is 65.9 cm³/mol. The lowest BCUT2D eigenvalue weighted by atomic mass is 10.3. The molecule has 0 unspecified atom stereocenters. The molecule has 2 heterocycles. The van der Waals surface area contributed by atoms with Gasteiger partial charge in [0.25, 0.3) is 0 Å². The Balaban J connectivity index is 2.18. The Morgan fingerprint density at radius 2 is 2.19 bits per heavy atom. The molecule has 0 aliphatic carbocycles. The summed E-state index contributed by atoms with van der Waals surface area (Å²) in [5.41, 5.74) is 8.44. The van der Waals surface area contributed by atoms with E-state index in [1.807, 2.05) is 37.4 Å². The fourth-order valence-corrected chi connectivity index (χ4v) is 2.50. The maximum atomic E-state index is 5.73. The highest BCUT2D eigenvalue weighted by molar-refractivity contribution is 7.20. The van der Waals surface area contributed by atoms with Gasteiger partial charge in [-0.15, -0.1) is 0 Å². The number of nitrogens with two attached hydrogens (primary N) is 1. The minimum absolute atomic E-state index is 0.763. The van der Waals surface area contributed by atoms with Crippen LogP contribution >= 0.6 is 11.3 Å². The number of benzene rings is 1. The minimum atomic E-state index is 0.763. The summed E-state index contributed by atoms with van der Waals surface area (Å²) in [5.74, 6) is 0. The van der Waals surface area contributed by atoms with E-state index in [0.29, 0.717) is 0 Å². The van der Waals surface area contributed by atoms with Crippen molar-refractivity contribution in [2.24, 2.45) is 0 Å². The molecule has 2 aromatic heterocycles. The fourth-order valence-electron chi connectivity index (χ4n) is 1.55. The zero-order chi connectivity index (χ0) is 11.1. The van der Waals surface area contributed by atoms with E-state index < -0.39 is 0 Å². The number of rotatable bonds is 1. The second-order valence-corrected chi connectivity index (χ2v) is 4.63. The molecule has 3 rings (SSSR count). The summed E-state index contributed by atoms with van der Waals surface area (Å²) in [6, 6.07) is 7.69. The monoisotopic (exact) mass is 230 g/mol. The van der Waals surface area contributed by atoms with Gasteiger partial charge in [0.2, 0.25) is 5.13 Å². The number of fused-ring (bicyclic) bond motifs is 1. The topological polar surface area (TPSA) is 56.7 Å². The second-order valence-electron chi connectivity index (χ2n) is 3.63. The molecule has 0 radical (unpaired) electrons. The van der Waals surface area contributed by atoms with Gasteiger partial charge < -0.3 is 5.73 Å². The van der Waals surface area contributed by atoms with E-state index in [-0.39, 0.29) is 0 Å². The lowest BCUT2D eigenvalue weighted by Gasteiger charge is -1.91. The third kappa shape index (κ3) is 1.45. The summed E-state index contributed by atoms with van der Waals surface area (Å²) in [7, 11) is 0. The molecule has 0 spiro atoms. The van der Waals surface area contributed by atoms with Crippen LogP contribution in [-0.4, -0.2) is 14.8 Å². The molecule has 0 saturated heterocycles. The van der Waals surface area contributed by atoms with Crippen LogP contribution < -0.4 is 5.73 Å². The zero-order valence-corrected chi connectivity index (χ0v) is 9.53. The van der Waals surface area contributed by atoms with Crippen LogP contribution in [-0.2, 0) is 0 Å². The van der Waals surface area contributed by atoms with E-state index in [9.17, 15) is 0 Å². The number of nitrogens with zero attached hydrogens (tertiary/aromatic N) is 3. The van der Waals surface area contributed by atoms with Crippen molar-refractivity contribution < 1.29 is 0 Å². The summed E-state index contributed by atoms with van der Waals surface area (Å²) in [5, 5.41) is 5.20. The summed E-state index contributed by atoms with van der Waals surface area (Å²) in [4.78, 5) is 4.50. The average Bonchev–Trinajstić information content (AvgIpc) is 2.83. The molecule has 0 amide bonds. The maximum Gasteiger partial charge on any atom is 0.211 e. The van der Waals surface area contributed by atoms with Gasteiger partial charge in [-0.1, -0.05) is 11.3 Å². The van der Waals surface area contributed by atoms with Gasteiger partial charge in [-0.05, 0) is 31.2 Å². The first-order valence-electron chi connectivity index (χ1n) is 4.91. The smallest absolute Gasteiger partial charge is 0.211 e. The molecule has 1 aromatic carbocycles. The quantitative estimate of drug-likeness (QED) is 0.653. The Kier molecular flexibility index (Phi) is 1.94. The van der Waals surface area contributed by atoms with Gasteiger partial charge in [-0.2, -0.15) is 5.10 Å². The van der Waals surface area contributed by atoms with E-state index in [1.165, 1.54) is 0 Å². The van der Waals surface area contributed by atoms with Gasteiger partial charge in [0.15, 0.2) is 0 Å². The van der Waals surface area contributed by atoms with Crippen molar-refractivity contribution in [3.05, 3.63) is 36.2 Å². The second kappa shape index (κ2) is 3.31. The normalized spacial score (nSPS) is 11.1. The Hall–Kier alpha value is -1.88. The van der Waals surface area contributed by atoms with Crippen molar-refractivity contribution in [3.8, 4) is 5.13 Å². The zero-order valence-electron chi connectivity index (χ0n) is 8.71. The molecule has 16 heavy (non-hydrogen) atoms. The minimum Gasteiger partial charge on any atom is -0.399 e. The number of aromatic nitrogens is 3. The van der Waals surface area contributed by atoms with Gasteiger partial charge in [-0.25, -0.2) is 9.67 Å². The van der Waals surface area contributed by atoms with Crippen LogP contribution in [0.1, 0.15) is 5.69 Å². The first-order valence-corrected chi connectivity index (χ1v) is 5.73. The molecule has 0 fully saturated rings. The van der Waals surface area contributed by atoms with E-state index in [2.05, 4.69) is 10.1 Å². The van der Waals surface area contributed by atoms with Gasteiger partial charge >= 0.3 is 0 Å². The summed E-state index contributed by atoms with van der Waals surface area (Å²) >= 11 is 1.59. The molecule has 5 heteroatoms. The highest BCUT2D eigenvalue weighted by atomic mass is 32.1. The lowest BCUT2D eigenvalue weighted by molar-refractivity contribution is 0.856. The molecule has 0 aliphatic heterocycles. The molecule has 0 bridgehead atoms. The largest absolute Gasteiger partial charge is 0.399 e. The molecule has 0 atom stereocenters. The third-order valence-electron chi connectivity index (χ3n) is 2.32. The Bertz CT molecular complexity index is 653. The van der Waals surface area contributed by atoms with Crippen LogP contribution in [0.25, 0.3) is 15.3 Å². The molecule has 80 valence electrons. The van der Waals surface area contributed by atoms with E-state index in [0.717, 1.165) is 26.7 Å². The molecular weight excluding hydrogens is 220 g/mol. The number of thiazole rings is 1. The van der Waals surface area contributed by atoms with E-state index in [4.69, 9.17) is 5.73 Å². The summed E-state index contributed by atoms with van der Waals surface area (Å²) in [6.45, 7) is 1.96. The maximum absolute atomic E-state index is 5.73. The number of nitrogen functional groups attached to an aromatic ring is 1. The first-order chi connectivity index (χ1) is 7.72. The van der Waals surface area contributed by atoms with Crippen LogP contribution in [0.5, 0.6) is 0 Å². The molecule has 2 N–H and O–H groups in total. The SMILES string of the molecule is Cc1ccn(-c2nc3ccc(N)cc3s2)n1. The van der Waals surface area contributed by atoms with Crippen molar-refractivity contribution in [1.29, 1.82) is 0 Å². The van der Waals surface area contributed by atoms with Crippen molar-refractivity contribution in [2.45, 2.75) is 6.92 Å². The standard InChI is InChI=1S/C11H10N4S/c1-7-4-5-15(14-7)11-13-9-3-2-8(12)6-10(9)16-11/h2-6H,12H2,1H3. The van der Waals surface area contributed by atoms with E-state index in [1.54, 1.807) is 16.0 Å². The van der Waals surface area contributed by atoms with E-state index >= 15 is 0 Å². The number of anilines is 1. The highest BCUT2D eigenvalue weighted by Crippen LogP contribution is 2.26. The third-order valence-corrected chi connectivity index (χ3v) is 3.33. The summed E-state index contributed by atoms with van der Waals surface area (Å²) in [6.07, 6.45) is 1.91. The highest BCUT2D eigenvalue weighted by Gasteiger charge is 2.06. The van der Waals surface area contributed by atoms with Crippen LogP contribution in [0.2, 0.25) is 0 Å². The van der Waals surface area contributed by atoms with Gasteiger partial charge in [0.1, 0.15) is 0 Å². The van der Waals surface area contributed by atoms with Crippen LogP contribution in [0.3, 0.4) is 0 Å². The van der Waals surface area contributed by atoms with Crippen molar-refractivity contribution in [2.75, 3.05) is 5.73 Å². The molecule has 0 aliphatic rings. The molecular formula is C11H10N4S. The lowest BCUT2D eigenvalue weighted by Crippen LogP contribution is -1.93. The van der Waals surface area contributed by atoms with Gasteiger partial charge in [0, 0.05) is 11.9 Å². The Labute approximate surface area is 96.3 Å². The fraction of sp³-hybridized carbons (Fsp3) is 0.0909. The van der Waals surface area contributed by atoms with Gasteiger partial charge in [0.05, 0.1) is 15.9 Å². The average molecular weight is 230 g/mol. The van der Waals surface area contributed by atoms with Crippen molar-refractivity contribution in [1.82, 2.24) is 14.8 Å². The molecule has 3 aromatic rings. The molecule has 0 saturated carbocycles. The Morgan fingerprint density at radius 3 is 2.94 bits per heavy atom. The number of aryl methyl sites for hydroxylation is 1. The predicted octanol–water partition coefficient (Wildman–Crippen LogP) is 2.37. The van der Waals surface area contributed by atoms with Crippen LogP contribution in [0.4, 0.5) is 5.69 Å². The van der Waals surface area contributed by atoms with Crippen LogP contribution in [0, 0.1) is 6.92 Å². The van der Waals surface area contributed by atoms with Crippen molar-refractivity contribution >= 4 is 27.2 Å².